The van der Waals surface area contributed by atoms with Gasteiger partial charge in [-0.05, 0) is 98.1 Å². The van der Waals surface area contributed by atoms with E-state index in [1.807, 2.05) is 25.1 Å². The molecule has 0 saturated heterocycles. The Labute approximate surface area is 237 Å². The molecule has 1 aliphatic carbocycles. The van der Waals surface area contributed by atoms with Crippen molar-refractivity contribution in [1.82, 2.24) is 5.32 Å². The molecule has 0 radical (unpaired) electrons. The van der Waals surface area contributed by atoms with Gasteiger partial charge in [0, 0.05) is 13.0 Å². The number of carboxylic acid groups (broad SMARTS) is 1. The van der Waals surface area contributed by atoms with Crippen LogP contribution in [0.3, 0.4) is 0 Å². The molecule has 0 bridgehead atoms. The van der Waals surface area contributed by atoms with Gasteiger partial charge >= 0.3 is 12.0 Å². The van der Waals surface area contributed by atoms with E-state index >= 15 is 0 Å². The average molecular weight is 541 g/mol. The molecule has 40 heavy (non-hydrogen) atoms. The van der Waals surface area contributed by atoms with Crippen LogP contribution in [-0.2, 0) is 11.2 Å². The zero-order valence-electron chi connectivity index (χ0n) is 23.4. The Morgan fingerprint density at radius 1 is 0.925 bits per heavy atom. The molecule has 1 fully saturated rings. The molecule has 210 valence electrons. The number of benzene rings is 3. The van der Waals surface area contributed by atoms with Crippen molar-refractivity contribution in [3.63, 3.8) is 0 Å². The molecule has 0 spiro atoms. The van der Waals surface area contributed by atoms with Crippen LogP contribution in [0, 0.1) is 5.92 Å². The molecule has 3 aromatic carbocycles. The van der Waals surface area contributed by atoms with Gasteiger partial charge in [-0.15, -0.1) is 0 Å². The number of anilines is 1. The number of carbonyl (C=O) groups is 2. The first kappa shape index (κ1) is 27.8. The SMILES string of the molecule is CC1CN(C(=O)NCCCCc2ccccc2)c2ccc(-c3ccc([C@H]4CC[C@H](CC(=O)O)CC4)cc3)cc2O1. The van der Waals surface area contributed by atoms with Crippen molar-refractivity contribution >= 4 is 17.7 Å². The maximum atomic E-state index is 13.1. The summed E-state index contributed by atoms with van der Waals surface area (Å²) in [6, 6.07) is 25.2. The maximum absolute atomic E-state index is 13.1. The second-order valence-corrected chi connectivity index (χ2v) is 11.3. The van der Waals surface area contributed by atoms with Gasteiger partial charge in [-0.2, -0.15) is 0 Å². The van der Waals surface area contributed by atoms with Crippen molar-refractivity contribution in [1.29, 1.82) is 0 Å². The van der Waals surface area contributed by atoms with Crippen molar-refractivity contribution in [2.45, 2.75) is 70.3 Å². The molecule has 3 aromatic rings. The van der Waals surface area contributed by atoms with Crippen LogP contribution in [0.1, 0.15) is 68.9 Å². The Bertz CT molecular complexity index is 1280. The fourth-order valence-corrected chi connectivity index (χ4v) is 6.10. The quantitative estimate of drug-likeness (QED) is 0.277. The number of fused-ring (bicyclic) bond motifs is 1. The van der Waals surface area contributed by atoms with E-state index < -0.39 is 5.97 Å². The van der Waals surface area contributed by atoms with Gasteiger partial charge in [0.05, 0.1) is 12.2 Å². The highest BCUT2D eigenvalue weighted by Gasteiger charge is 2.28. The lowest BCUT2D eigenvalue weighted by atomic mass is 9.77. The van der Waals surface area contributed by atoms with Crippen molar-refractivity contribution < 1.29 is 19.4 Å². The van der Waals surface area contributed by atoms with Gasteiger partial charge in [-0.25, -0.2) is 4.79 Å². The van der Waals surface area contributed by atoms with E-state index in [1.165, 1.54) is 11.1 Å². The molecule has 2 aliphatic rings. The minimum Gasteiger partial charge on any atom is -0.487 e. The highest BCUT2D eigenvalue weighted by Crippen LogP contribution is 2.39. The Hall–Kier alpha value is -3.80. The molecule has 1 unspecified atom stereocenters. The Morgan fingerprint density at radius 3 is 2.38 bits per heavy atom. The summed E-state index contributed by atoms with van der Waals surface area (Å²) in [5.41, 5.74) is 5.63. The zero-order chi connectivity index (χ0) is 27.9. The van der Waals surface area contributed by atoms with Crippen LogP contribution in [0.15, 0.2) is 72.8 Å². The number of nitrogens with zero attached hydrogens (tertiary/aromatic N) is 1. The van der Waals surface area contributed by atoms with Crippen LogP contribution in [0.2, 0.25) is 0 Å². The molecule has 1 heterocycles. The maximum Gasteiger partial charge on any atom is 0.322 e. The van der Waals surface area contributed by atoms with E-state index in [2.05, 4.69) is 59.9 Å². The van der Waals surface area contributed by atoms with Crippen molar-refractivity contribution in [2.24, 2.45) is 5.92 Å². The summed E-state index contributed by atoms with van der Waals surface area (Å²) >= 11 is 0. The molecule has 5 rings (SSSR count). The Balaban J connectivity index is 1.17. The monoisotopic (exact) mass is 540 g/mol. The largest absolute Gasteiger partial charge is 0.487 e. The summed E-state index contributed by atoms with van der Waals surface area (Å²) in [5, 5.41) is 12.2. The summed E-state index contributed by atoms with van der Waals surface area (Å²) in [5.74, 6) is 0.857. The number of aliphatic carboxylic acids is 1. The van der Waals surface area contributed by atoms with E-state index in [0.29, 0.717) is 31.3 Å². The summed E-state index contributed by atoms with van der Waals surface area (Å²) < 4.78 is 6.16. The lowest BCUT2D eigenvalue weighted by molar-refractivity contribution is -0.138. The minimum absolute atomic E-state index is 0.0775. The van der Waals surface area contributed by atoms with Crippen LogP contribution in [0.5, 0.6) is 5.75 Å². The Morgan fingerprint density at radius 2 is 1.65 bits per heavy atom. The van der Waals surface area contributed by atoms with E-state index in [4.69, 9.17) is 9.84 Å². The zero-order valence-corrected chi connectivity index (χ0v) is 23.4. The van der Waals surface area contributed by atoms with E-state index in [1.54, 1.807) is 4.90 Å². The van der Waals surface area contributed by atoms with Crippen LogP contribution in [-0.4, -0.2) is 36.3 Å². The molecule has 6 heteroatoms. The van der Waals surface area contributed by atoms with Crippen LogP contribution in [0.25, 0.3) is 11.1 Å². The Kier molecular flexibility index (Phi) is 9.04. The predicted octanol–water partition coefficient (Wildman–Crippen LogP) is 7.42. The van der Waals surface area contributed by atoms with E-state index in [-0.39, 0.29) is 12.1 Å². The number of hydrogen-bond donors (Lipinski definition) is 2. The van der Waals surface area contributed by atoms with Crippen molar-refractivity contribution in [2.75, 3.05) is 18.0 Å². The second-order valence-electron chi connectivity index (χ2n) is 11.3. The van der Waals surface area contributed by atoms with Gasteiger partial charge < -0.3 is 15.2 Å². The standard InChI is InChI=1S/C34H40N2O4/c1-24-23-36(34(39)35-20-6-5-9-25-7-3-2-4-8-25)31-19-18-30(22-32(31)40-24)29-16-14-28(15-17-29)27-12-10-26(11-13-27)21-33(37)38/h2-4,7-8,14-19,22,24,26-27H,5-6,9-13,20-21,23H2,1H3,(H,35,39)(H,37,38)/t24?,26-,27-. The third kappa shape index (κ3) is 7.04. The molecule has 1 aliphatic heterocycles. The molecule has 6 nitrogen and oxygen atoms in total. The average Bonchev–Trinajstić information content (AvgIpc) is 2.97. The van der Waals surface area contributed by atoms with Crippen LogP contribution < -0.4 is 15.0 Å². The molecular weight excluding hydrogens is 500 g/mol. The third-order valence-electron chi connectivity index (χ3n) is 8.30. The molecule has 0 aromatic heterocycles. The van der Waals surface area contributed by atoms with Crippen LogP contribution in [0.4, 0.5) is 10.5 Å². The topological polar surface area (TPSA) is 78.9 Å². The first-order valence-electron chi connectivity index (χ1n) is 14.7. The highest BCUT2D eigenvalue weighted by molar-refractivity contribution is 5.94. The van der Waals surface area contributed by atoms with Crippen LogP contribution >= 0.6 is 0 Å². The van der Waals surface area contributed by atoms with Gasteiger partial charge in [0.1, 0.15) is 11.9 Å². The smallest absolute Gasteiger partial charge is 0.322 e. The minimum atomic E-state index is -0.686. The van der Waals surface area contributed by atoms with E-state index in [9.17, 15) is 9.59 Å². The van der Waals surface area contributed by atoms with Gasteiger partial charge in [-0.1, -0.05) is 60.7 Å². The molecule has 2 amide bonds. The number of carboxylic acids is 1. The first-order valence-corrected chi connectivity index (χ1v) is 14.7. The predicted molar refractivity (Wildman–Crippen MR) is 159 cm³/mol. The van der Waals surface area contributed by atoms with Crippen molar-refractivity contribution in [3.05, 3.63) is 83.9 Å². The number of carbonyl (C=O) groups excluding carboxylic acids is 1. The number of nitrogens with one attached hydrogen (secondary N) is 1. The molecule has 1 saturated carbocycles. The van der Waals surface area contributed by atoms with Crippen molar-refractivity contribution in [3.8, 4) is 16.9 Å². The third-order valence-corrected chi connectivity index (χ3v) is 8.30. The fraction of sp³-hybridized carbons (Fsp3) is 0.412. The fourth-order valence-electron chi connectivity index (χ4n) is 6.10. The molecule has 2 N–H and O–H groups in total. The highest BCUT2D eigenvalue weighted by atomic mass is 16.5. The number of rotatable bonds is 9. The summed E-state index contributed by atoms with van der Waals surface area (Å²) in [6.07, 6.45) is 7.25. The molecule has 1 atom stereocenters. The summed E-state index contributed by atoms with van der Waals surface area (Å²) in [4.78, 5) is 25.9. The van der Waals surface area contributed by atoms with Gasteiger partial charge in [0.2, 0.25) is 0 Å². The lowest BCUT2D eigenvalue weighted by Crippen LogP contribution is -2.47. The normalized spacial score (nSPS) is 20.3. The summed E-state index contributed by atoms with van der Waals surface area (Å²) in [6.45, 7) is 3.17. The number of amides is 2. The number of aryl methyl sites for hydroxylation is 1. The molecular formula is C34H40N2O4. The number of ether oxygens (including phenoxy) is 1. The van der Waals surface area contributed by atoms with E-state index in [0.717, 1.165) is 67.5 Å². The summed E-state index contributed by atoms with van der Waals surface area (Å²) in [7, 11) is 0. The first-order chi connectivity index (χ1) is 19.5. The van der Waals surface area contributed by atoms with Gasteiger partial charge in [0.15, 0.2) is 0 Å². The van der Waals surface area contributed by atoms with Gasteiger partial charge in [-0.3, -0.25) is 9.69 Å². The number of hydrogen-bond acceptors (Lipinski definition) is 3. The second kappa shape index (κ2) is 13.0. The number of unbranched alkanes of at least 4 members (excludes halogenated alkanes) is 1. The van der Waals surface area contributed by atoms with Gasteiger partial charge in [0.25, 0.3) is 0 Å². The number of urea groups is 1. The lowest BCUT2D eigenvalue weighted by Gasteiger charge is -2.33.